The van der Waals surface area contributed by atoms with Crippen molar-refractivity contribution in [2.24, 2.45) is 4.99 Å². The van der Waals surface area contributed by atoms with Gasteiger partial charge in [0, 0.05) is 17.1 Å². The van der Waals surface area contributed by atoms with E-state index in [1.165, 1.54) is 28.0 Å². The zero-order valence-corrected chi connectivity index (χ0v) is 15.8. The minimum Gasteiger partial charge on any atom is -0.481 e. The fourth-order valence-electron chi connectivity index (χ4n) is 3.21. The number of thioether (sulfide) groups is 1. The predicted molar refractivity (Wildman–Crippen MR) is 100 cm³/mol. The van der Waals surface area contributed by atoms with Crippen LogP contribution in [0, 0.1) is 0 Å². The molecule has 0 spiro atoms. The number of hydrogen-bond donors (Lipinski definition) is 2. The molecule has 2 fully saturated rings. The number of β-lactam (4-membered cyclic amide) rings is 1. The van der Waals surface area contributed by atoms with Gasteiger partial charge in [-0.2, -0.15) is 0 Å². The maximum Gasteiger partial charge on any atom is 0.354 e. The van der Waals surface area contributed by atoms with Gasteiger partial charge in [-0.25, -0.2) is 9.79 Å². The SMILES string of the molecule is O=C(Cc1cccs1)N[C@@H]1C(=O)N2C(C(=O)O)=C(N=C3CCCO3)CS[C@@H]12. The molecule has 0 aromatic carbocycles. The molecule has 0 bridgehead atoms. The van der Waals surface area contributed by atoms with E-state index in [-0.39, 0.29) is 18.0 Å². The Morgan fingerprint density at radius 1 is 1.44 bits per heavy atom. The summed E-state index contributed by atoms with van der Waals surface area (Å²) in [5.74, 6) is -1.01. The number of carboxylic acids is 1. The van der Waals surface area contributed by atoms with E-state index in [1.54, 1.807) is 0 Å². The highest BCUT2D eigenvalue weighted by molar-refractivity contribution is 8.00. The predicted octanol–water partition coefficient (Wildman–Crippen LogP) is 1.20. The summed E-state index contributed by atoms with van der Waals surface area (Å²) in [5.41, 5.74) is 0.216. The summed E-state index contributed by atoms with van der Waals surface area (Å²) >= 11 is 2.87. The summed E-state index contributed by atoms with van der Waals surface area (Å²) in [4.78, 5) is 43.0. The lowest BCUT2D eigenvalue weighted by Crippen LogP contribution is -2.70. The molecule has 142 valence electrons. The van der Waals surface area contributed by atoms with Gasteiger partial charge in [0.2, 0.25) is 5.91 Å². The van der Waals surface area contributed by atoms with E-state index in [9.17, 15) is 19.5 Å². The maximum atomic E-state index is 12.6. The van der Waals surface area contributed by atoms with E-state index in [0.29, 0.717) is 30.4 Å². The Morgan fingerprint density at radius 2 is 2.30 bits per heavy atom. The van der Waals surface area contributed by atoms with Crippen LogP contribution in [0.5, 0.6) is 0 Å². The summed E-state index contributed by atoms with van der Waals surface area (Å²) in [6.07, 6.45) is 1.72. The van der Waals surface area contributed by atoms with Gasteiger partial charge in [0.05, 0.1) is 18.7 Å². The van der Waals surface area contributed by atoms with E-state index in [1.807, 2.05) is 17.5 Å². The van der Waals surface area contributed by atoms with Crippen molar-refractivity contribution < 1.29 is 24.2 Å². The first-order chi connectivity index (χ1) is 13.0. The molecule has 0 radical (unpaired) electrons. The van der Waals surface area contributed by atoms with Gasteiger partial charge in [-0.1, -0.05) is 6.07 Å². The third kappa shape index (κ3) is 3.46. The molecule has 27 heavy (non-hydrogen) atoms. The summed E-state index contributed by atoms with van der Waals surface area (Å²) in [5, 5.41) is 13.8. The van der Waals surface area contributed by atoms with Crippen LogP contribution in [0.4, 0.5) is 0 Å². The molecule has 2 amide bonds. The van der Waals surface area contributed by atoms with Gasteiger partial charge in [0.1, 0.15) is 11.4 Å². The lowest BCUT2D eigenvalue weighted by molar-refractivity contribution is -0.150. The number of fused-ring (bicyclic) bond motifs is 1. The molecule has 2 atom stereocenters. The van der Waals surface area contributed by atoms with Gasteiger partial charge in [0.25, 0.3) is 5.91 Å². The Morgan fingerprint density at radius 3 is 2.96 bits per heavy atom. The zero-order chi connectivity index (χ0) is 19.0. The first kappa shape index (κ1) is 18.1. The quantitative estimate of drug-likeness (QED) is 0.710. The molecule has 0 aliphatic carbocycles. The minimum absolute atomic E-state index is 0.115. The Bertz CT molecular complexity index is 841. The van der Waals surface area contributed by atoms with E-state index in [2.05, 4.69) is 10.3 Å². The third-order valence-electron chi connectivity index (χ3n) is 4.45. The van der Waals surface area contributed by atoms with Crippen LogP contribution in [0.15, 0.2) is 33.9 Å². The number of aliphatic imine (C=N–C) groups is 1. The fourth-order valence-corrected chi connectivity index (χ4v) is 5.18. The second-order valence-corrected chi connectivity index (χ2v) is 8.41. The average Bonchev–Trinajstić information content (AvgIpc) is 3.33. The molecule has 1 aromatic rings. The zero-order valence-electron chi connectivity index (χ0n) is 14.2. The summed E-state index contributed by atoms with van der Waals surface area (Å²) in [7, 11) is 0. The number of nitrogens with zero attached hydrogens (tertiary/aromatic N) is 2. The summed E-state index contributed by atoms with van der Waals surface area (Å²) < 4.78 is 5.37. The number of nitrogens with one attached hydrogen (secondary N) is 1. The normalized spacial score (nSPS) is 25.9. The summed E-state index contributed by atoms with van der Waals surface area (Å²) in [6.45, 7) is 0.575. The highest BCUT2D eigenvalue weighted by Gasteiger charge is 2.54. The number of rotatable bonds is 5. The molecule has 3 aliphatic rings. The van der Waals surface area contributed by atoms with Gasteiger partial charge in [-0.05, 0) is 17.9 Å². The van der Waals surface area contributed by atoms with Crippen LogP contribution in [0.25, 0.3) is 0 Å². The number of aliphatic carboxylic acids is 1. The van der Waals surface area contributed by atoms with Gasteiger partial charge < -0.3 is 15.2 Å². The van der Waals surface area contributed by atoms with Crippen molar-refractivity contribution in [3.63, 3.8) is 0 Å². The Hall–Kier alpha value is -2.33. The fraction of sp³-hybridized carbons (Fsp3) is 0.412. The number of amides is 2. The first-order valence-electron chi connectivity index (χ1n) is 8.48. The molecule has 1 aromatic heterocycles. The first-order valence-corrected chi connectivity index (χ1v) is 10.4. The highest BCUT2D eigenvalue weighted by atomic mass is 32.2. The average molecular weight is 407 g/mol. The van der Waals surface area contributed by atoms with Crippen LogP contribution in [0.2, 0.25) is 0 Å². The molecule has 4 rings (SSSR count). The van der Waals surface area contributed by atoms with Crippen LogP contribution in [0.3, 0.4) is 0 Å². The van der Waals surface area contributed by atoms with Crippen LogP contribution in [-0.2, 0) is 25.5 Å². The van der Waals surface area contributed by atoms with Crippen molar-refractivity contribution in [3.8, 4) is 0 Å². The molecule has 8 nitrogen and oxygen atoms in total. The van der Waals surface area contributed by atoms with Gasteiger partial charge in [0.15, 0.2) is 11.6 Å². The van der Waals surface area contributed by atoms with Crippen LogP contribution in [-0.4, -0.2) is 57.5 Å². The molecule has 0 saturated carbocycles. The van der Waals surface area contributed by atoms with Crippen molar-refractivity contribution in [2.75, 3.05) is 12.4 Å². The third-order valence-corrected chi connectivity index (χ3v) is 6.59. The van der Waals surface area contributed by atoms with E-state index < -0.39 is 23.3 Å². The molecule has 2 N–H and O–H groups in total. The number of carbonyl (C=O) groups is 3. The second kappa shape index (κ2) is 7.35. The van der Waals surface area contributed by atoms with Crippen molar-refractivity contribution >= 4 is 46.8 Å². The number of ether oxygens (including phenoxy) is 1. The van der Waals surface area contributed by atoms with E-state index in [4.69, 9.17) is 4.74 Å². The Balaban J connectivity index is 1.49. The van der Waals surface area contributed by atoms with Crippen molar-refractivity contribution in [1.82, 2.24) is 10.2 Å². The molecule has 4 heterocycles. The van der Waals surface area contributed by atoms with Crippen molar-refractivity contribution in [3.05, 3.63) is 33.8 Å². The molecule has 2 saturated heterocycles. The number of carboxylic acid groups (broad SMARTS) is 1. The Kier molecular flexibility index (Phi) is 4.92. The molecule has 3 aliphatic heterocycles. The van der Waals surface area contributed by atoms with Crippen molar-refractivity contribution in [1.29, 1.82) is 0 Å². The molecular formula is C17H17N3O5S2. The number of carbonyl (C=O) groups excluding carboxylic acids is 2. The monoisotopic (exact) mass is 407 g/mol. The lowest BCUT2D eigenvalue weighted by Gasteiger charge is -2.48. The highest BCUT2D eigenvalue weighted by Crippen LogP contribution is 2.40. The summed E-state index contributed by atoms with van der Waals surface area (Å²) in [6, 6.07) is 3.01. The van der Waals surface area contributed by atoms with Gasteiger partial charge in [-0.3, -0.25) is 14.5 Å². The standard InChI is InChI=1S/C17H17N3O5S2/c21-11(7-9-3-2-6-26-9)19-13-15(22)20-14(17(23)24)10(8-27-16(13)20)18-12-4-1-5-25-12/h2-3,6,13,16H,1,4-5,7-8H2,(H,19,21)(H,23,24)/t13-,16+/m1/s1. The molecule has 0 unspecified atom stereocenters. The van der Waals surface area contributed by atoms with Crippen LogP contribution >= 0.6 is 23.1 Å². The maximum absolute atomic E-state index is 12.6. The van der Waals surface area contributed by atoms with E-state index >= 15 is 0 Å². The second-order valence-electron chi connectivity index (χ2n) is 6.27. The smallest absolute Gasteiger partial charge is 0.354 e. The minimum atomic E-state index is -1.20. The Labute approximate surface area is 163 Å². The van der Waals surface area contributed by atoms with Crippen LogP contribution < -0.4 is 5.32 Å². The van der Waals surface area contributed by atoms with Gasteiger partial charge >= 0.3 is 5.97 Å². The lowest BCUT2D eigenvalue weighted by atomic mass is 10.0. The number of hydrogen-bond acceptors (Lipinski definition) is 7. The van der Waals surface area contributed by atoms with E-state index in [0.717, 1.165) is 11.3 Å². The topological polar surface area (TPSA) is 108 Å². The van der Waals surface area contributed by atoms with Crippen molar-refractivity contribution in [2.45, 2.75) is 30.7 Å². The molecular weight excluding hydrogens is 390 g/mol. The largest absolute Gasteiger partial charge is 0.481 e. The van der Waals surface area contributed by atoms with Gasteiger partial charge in [-0.15, -0.1) is 23.1 Å². The molecule has 10 heteroatoms. The van der Waals surface area contributed by atoms with Crippen LogP contribution in [0.1, 0.15) is 17.7 Å². The number of thiophene rings is 1.